The SMILES string of the molecule is CC1CC(C)C(n2cc(-c3ccccc3)cn2)C(O)C1. The van der Waals surface area contributed by atoms with Gasteiger partial charge in [0.05, 0.1) is 18.3 Å². The molecular formula is C17H22N2O. The molecule has 0 spiro atoms. The van der Waals surface area contributed by atoms with Crippen LogP contribution in [0.2, 0.25) is 0 Å². The first-order valence-electron chi connectivity index (χ1n) is 7.43. The minimum absolute atomic E-state index is 0.101. The molecule has 2 aromatic rings. The Labute approximate surface area is 120 Å². The van der Waals surface area contributed by atoms with Crippen molar-refractivity contribution in [1.82, 2.24) is 9.78 Å². The summed E-state index contributed by atoms with van der Waals surface area (Å²) in [5.74, 6) is 1.05. The summed E-state index contributed by atoms with van der Waals surface area (Å²) in [6, 6.07) is 10.4. The molecule has 1 N–H and O–H groups in total. The Morgan fingerprint density at radius 2 is 1.85 bits per heavy atom. The van der Waals surface area contributed by atoms with Crippen LogP contribution < -0.4 is 0 Å². The maximum absolute atomic E-state index is 10.4. The molecule has 3 heteroatoms. The third kappa shape index (κ3) is 2.50. The van der Waals surface area contributed by atoms with Gasteiger partial charge in [-0.25, -0.2) is 0 Å². The second-order valence-corrected chi connectivity index (χ2v) is 6.19. The van der Waals surface area contributed by atoms with E-state index < -0.39 is 0 Å². The normalized spacial score (nSPS) is 30.4. The lowest BCUT2D eigenvalue weighted by molar-refractivity contribution is 0.0178. The molecule has 1 fully saturated rings. The van der Waals surface area contributed by atoms with Gasteiger partial charge >= 0.3 is 0 Å². The zero-order valence-corrected chi connectivity index (χ0v) is 12.1. The molecule has 1 aliphatic carbocycles. The molecule has 106 valence electrons. The van der Waals surface area contributed by atoms with Crippen molar-refractivity contribution in [2.24, 2.45) is 11.8 Å². The fraction of sp³-hybridized carbons (Fsp3) is 0.471. The van der Waals surface area contributed by atoms with Crippen molar-refractivity contribution in [2.45, 2.75) is 38.8 Å². The van der Waals surface area contributed by atoms with E-state index in [4.69, 9.17) is 0 Å². The molecule has 1 saturated carbocycles. The van der Waals surface area contributed by atoms with E-state index in [9.17, 15) is 5.11 Å². The third-order valence-electron chi connectivity index (χ3n) is 4.41. The smallest absolute Gasteiger partial charge is 0.0803 e. The van der Waals surface area contributed by atoms with Gasteiger partial charge < -0.3 is 5.11 Å². The second-order valence-electron chi connectivity index (χ2n) is 6.19. The van der Waals surface area contributed by atoms with Crippen LogP contribution in [0.15, 0.2) is 42.7 Å². The molecular weight excluding hydrogens is 248 g/mol. The van der Waals surface area contributed by atoms with E-state index in [1.165, 1.54) is 5.56 Å². The lowest BCUT2D eigenvalue weighted by Gasteiger charge is -2.36. The Morgan fingerprint density at radius 3 is 2.55 bits per heavy atom. The molecule has 0 aliphatic heterocycles. The molecule has 3 nitrogen and oxygen atoms in total. The number of hydrogen-bond donors (Lipinski definition) is 1. The summed E-state index contributed by atoms with van der Waals surface area (Å²) in [7, 11) is 0. The molecule has 4 atom stereocenters. The molecule has 1 heterocycles. The summed E-state index contributed by atoms with van der Waals surface area (Å²) < 4.78 is 1.96. The zero-order valence-electron chi connectivity index (χ0n) is 12.1. The van der Waals surface area contributed by atoms with Crippen LogP contribution in [-0.2, 0) is 0 Å². The van der Waals surface area contributed by atoms with Gasteiger partial charge in [-0.2, -0.15) is 5.10 Å². The first kappa shape index (κ1) is 13.4. The van der Waals surface area contributed by atoms with E-state index in [0.29, 0.717) is 11.8 Å². The van der Waals surface area contributed by atoms with Gasteiger partial charge in [-0.3, -0.25) is 4.68 Å². The molecule has 0 bridgehead atoms. The van der Waals surface area contributed by atoms with E-state index in [-0.39, 0.29) is 12.1 Å². The number of benzene rings is 1. The van der Waals surface area contributed by atoms with Crippen LogP contribution >= 0.6 is 0 Å². The van der Waals surface area contributed by atoms with Gasteiger partial charge in [0.25, 0.3) is 0 Å². The maximum atomic E-state index is 10.4. The van der Waals surface area contributed by atoms with Crippen molar-refractivity contribution in [3.8, 4) is 11.1 Å². The van der Waals surface area contributed by atoms with Crippen LogP contribution in [0, 0.1) is 11.8 Å². The lowest BCUT2D eigenvalue weighted by Crippen LogP contribution is -2.36. The highest BCUT2D eigenvalue weighted by molar-refractivity contribution is 5.61. The molecule has 0 amide bonds. The Hall–Kier alpha value is -1.61. The van der Waals surface area contributed by atoms with Crippen LogP contribution in [-0.4, -0.2) is 21.0 Å². The fourth-order valence-corrected chi connectivity index (χ4v) is 3.52. The van der Waals surface area contributed by atoms with Crippen LogP contribution in [0.3, 0.4) is 0 Å². The topological polar surface area (TPSA) is 38.0 Å². The molecule has 1 aromatic carbocycles. The van der Waals surface area contributed by atoms with Crippen molar-refractivity contribution in [2.75, 3.05) is 0 Å². The fourth-order valence-electron chi connectivity index (χ4n) is 3.52. The summed E-state index contributed by atoms with van der Waals surface area (Å²) in [5, 5.41) is 14.9. The lowest BCUT2D eigenvalue weighted by atomic mass is 9.78. The number of rotatable bonds is 2. The number of nitrogens with zero attached hydrogens (tertiary/aromatic N) is 2. The zero-order chi connectivity index (χ0) is 14.1. The number of aliphatic hydroxyl groups excluding tert-OH is 1. The Kier molecular flexibility index (Phi) is 3.62. The van der Waals surface area contributed by atoms with E-state index in [1.54, 1.807) is 0 Å². The number of hydrogen-bond acceptors (Lipinski definition) is 2. The molecule has 20 heavy (non-hydrogen) atoms. The van der Waals surface area contributed by atoms with Gasteiger partial charge in [0, 0.05) is 11.8 Å². The van der Waals surface area contributed by atoms with Crippen LogP contribution in [0.4, 0.5) is 0 Å². The van der Waals surface area contributed by atoms with Crippen molar-refractivity contribution in [3.63, 3.8) is 0 Å². The first-order valence-corrected chi connectivity index (χ1v) is 7.43. The highest BCUT2D eigenvalue weighted by Crippen LogP contribution is 2.37. The number of aromatic nitrogens is 2. The molecule has 4 unspecified atom stereocenters. The quantitative estimate of drug-likeness (QED) is 0.906. The first-order chi connectivity index (χ1) is 9.65. The van der Waals surface area contributed by atoms with E-state index in [1.807, 2.05) is 29.1 Å². The predicted molar refractivity (Wildman–Crippen MR) is 80.3 cm³/mol. The summed E-state index contributed by atoms with van der Waals surface area (Å²) in [4.78, 5) is 0. The second kappa shape index (κ2) is 5.41. The van der Waals surface area contributed by atoms with Crippen molar-refractivity contribution >= 4 is 0 Å². The average molecular weight is 270 g/mol. The Bertz CT molecular complexity index is 551. The van der Waals surface area contributed by atoms with Crippen LogP contribution in [0.5, 0.6) is 0 Å². The van der Waals surface area contributed by atoms with Crippen molar-refractivity contribution < 1.29 is 5.11 Å². The predicted octanol–water partition coefficient (Wildman–Crippen LogP) is 3.52. The third-order valence-corrected chi connectivity index (χ3v) is 4.41. The highest BCUT2D eigenvalue weighted by atomic mass is 16.3. The van der Waals surface area contributed by atoms with Gasteiger partial charge in [-0.15, -0.1) is 0 Å². The molecule has 0 radical (unpaired) electrons. The molecule has 1 aliphatic rings. The van der Waals surface area contributed by atoms with Gasteiger partial charge in [-0.1, -0.05) is 44.2 Å². The molecule has 1 aromatic heterocycles. The largest absolute Gasteiger partial charge is 0.391 e. The Morgan fingerprint density at radius 1 is 1.10 bits per heavy atom. The van der Waals surface area contributed by atoms with Crippen LogP contribution in [0.1, 0.15) is 32.7 Å². The minimum atomic E-state index is -0.294. The maximum Gasteiger partial charge on any atom is 0.0803 e. The standard InChI is InChI=1S/C17H22N2O/c1-12-8-13(2)17(16(20)9-12)19-11-15(10-18-19)14-6-4-3-5-7-14/h3-7,10-13,16-17,20H,8-9H2,1-2H3. The van der Waals surface area contributed by atoms with E-state index >= 15 is 0 Å². The van der Waals surface area contributed by atoms with Gasteiger partial charge in [0.2, 0.25) is 0 Å². The van der Waals surface area contributed by atoms with E-state index in [2.05, 4.69) is 37.3 Å². The monoisotopic (exact) mass is 270 g/mol. The van der Waals surface area contributed by atoms with Gasteiger partial charge in [0.1, 0.15) is 0 Å². The summed E-state index contributed by atoms with van der Waals surface area (Å²) >= 11 is 0. The summed E-state index contributed by atoms with van der Waals surface area (Å²) in [6.07, 6.45) is 5.69. The van der Waals surface area contributed by atoms with Gasteiger partial charge in [0.15, 0.2) is 0 Å². The Balaban J connectivity index is 1.86. The van der Waals surface area contributed by atoms with Gasteiger partial charge in [-0.05, 0) is 30.2 Å². The van der Waals surface area contributed by atoms with Crippen molar-refractivity contribution in [1.29, 1.82) is 0 Å². The molecule has 3 rings (SSSR count). The average Bonchev–Trinajstić information content (AvgIpc) is 2.88. The highest BCUT2D eigenvalue weighted by Gasteiger charge is 2.34. The summed E-state index contributed by atoms with van der Waals surface area (Å²) in [6.45, 7) is 4.43. The summed E-state index contributed by atoms with van der Waals surface area (Å²) in [5.41, 5.74) is 2.29. The van der Waals surface area contributed by atoms with Crippen LogP contribution in [0.25, 0.3) is 11.1 Å². The number of aliphatic hydroxyl groups is 1. The van der Waals surface area contributed by atoms with Crippen molar-refractivity contribution in [3.05, 3.63) is 42.7 Å². The van der Waals surface area contributed by atoms with E-state index in [0.717, 1.165) is 18.4 Å². The molecule has 0 saturated heterocycles. The minimum Gasteiger partial charge on any atom is -0.391 e.